The predicted octanol–water partition coefficient (Wildman–Crippen LogP) is 4.29. The molecule has 1 aromatic heterocycles. The summed E-state index contributed by atoms with van der Waals surface area (Å²) >= 11 is 5.88. The summed E-state index contributed by atoms with van der Waals surface area (Å²) in [5.41, 5.74) is 2.54. The van der Waals surface area contributed by atoms with Crippen molar-refractivity contribution >= 4 is 23.5 Å². The van der Waals surface area contributed by atoms with Crippen molar-refractivity contribution in [3.05, 3.63) is 70.5 Å². The Kier molecular flexibility index (Phi) is 6.32. The molecule has 0 aliphatic carbocycles. The largest absolute Gasteiger partial charge is 0.457 e. The molecule has 31 heavy (non-hydrogen) atoms. The number of hydrogen-bond donors (Lipinski definition) is 0. The lowest BCUT2D eigenvalue weighted by atomic mass is 9.96. The van der Waals surface area contributed by atoms with E-state index in [0.717, 1.165) is 11.1 Å². The topological polar surface area (TPSA) is 85.5 Å². The third kappa shape index (κ3) is 5.11. The molecule has 1 fully saturated rings. The van der Waals surface area contributed by atoms with Gasteiger partial charge >= 0.3 is 5.97 Å². The first-order valence-electron chi connectivity index (χ1n) is 10.1. The number of esters is 1. The highest BCUT2D eigenvalue weighted by Crippen LogP contribution is 2.22. The van der Waals surface area contributed by atoms with E-state index < -0.39 is 0 Å². The van der Waals surface area contributed by atoms with Gasteiger partial charge in [0, 0.05) is 29.2 Å². The SMILES string of the molecule is Cc1ccc(-c2nc(COC(=O)C3CCN(C(=O)c4ccc(Cl)cc4)CC3)no2)cc1. The second-order valence-electron chi connectivity index (χ2n) is 7.56. The van der Waals surface area contributed by atoms with Gasteiger partial charge in [-0.15, -0.1) is 0 Å². The number of carbonyl (C=O) groups is 2. The van der Waals surface area contributed by atoms with Gasteiger partial charge in [-0.1, -0.05) is 34.5 Å². The number of aromatic nitrogens is 2. The lowest BCUT2D eigenvalue weighted by Gasteiger charge is -2.31. The van der Waals surface area contributed by atoms with Crippen LogP contribution in [0.25, 0.3) is 11.5 Å². The standard InChI is InChI=1S/C23H22ClN3O4/c1-15-2-4-16(5-3-15)21-25-20(26-31-21)14-30-23(29)18-10-12-27(13-11-18)22(28)17-6-8-19(24)9-7-17/h2-9,18H,10-14H2,1H3. The van der Waals surface area contributed by atoms with Crippen LogP contribution in [0.5, 0.6) is 0 Å². The molecule has 1 saturated heterocycles. The Morgan fingerprint density at radius 1 is 1.10 bits per heavy atom. The molecule has 0 unspecified atom stereocenters. The molecule has 3 aromatic rings. The number of carbonyl (C=O) groups excluding carboxylic acids is 2. The summed E-state index contributed by atoms with van der Waals surface area (Å²) in [6.07, 6.45) is 1.11. The fraction of sp³-hybridized carbons (Fsp3) is 0.304. The van der Waals surface area contributed by atoms with E-state index in [1.165, 1.54) is 0 Å². The molecule has 2 heterocycles. The Bertz CT molecular complexity index is 1060. The van der Waals surface area contributed by atoms with Gasteiger partial charge in [-0.2, -0.15) is 4.98 Å². The van der Waals surface area contributed by atoms with Gasteiger partial charge in [0.05, 0.1) is 5.92 Å². The van der Waals surface area contributed by atoms with Gasteiger partial charge in [-0.25, -0.2) is 0 Å². The van der Waals surface area contributed by atoms with E-state index in [1.54, 1.807) is 29.2 Å². The number of nitrogens with zero attached hydrogens (tertiary/aromatic N) is 3. The van der Waals surface area contributed by atoms with Crippen molar-refractivity contribution in [3.63, 3.8) is 0 Å². The van der Waals surface area contributed by atoms with Gasteiger partial charge in [0.1, 0.15) is 0 Å². The predicted molar refractivity (Wildman–Crippen MR) is 114 cm³/mol. The van der Waals surface area contributed by atoms with Gasteiger partial charge in [-0.05, 0) is 56.2 Å². The van der Waals surface area contributed by atoms with Crippen LogP contribution in [-0.2, 0) is 16.1 Å². The number of hydrogen-bond acceptors (Lipinski definition) is 6. The van der Waals surface area contributed by atoms with Crippen LogP contribution in [0.15, 0.2) is 53.1 Å². The molecule has 1 aliphatic rings. The number of amides is 1. The molecular weight excluding hydrogens is 418 g/mol. The van der Waals surface area contributed by atoms with Gasteiger partial charge < -0.3 is 14.2 Å². The van der Waals surface area contributed by atoms with Crippen molar-refractivity contribution in [1.29, 1.82) is 0 Å². The van der Waals surface area contributed by atoms with Crippen molar-refractivity contribution < 1.29 is 18.8 Å². The van der Waals surface area contributed by atoms with Crippen LogP contribution in [0.1, 0.15) is 34.6 Å². The molecule has 0 N–H and O–H groups in total. The summed E-state index contributed by atoms with van der Waals surface area (Å²) in [6, 6.07) is 14.5. The first-order valence-corrected chi connectivity index (χ1v) is 10.5. The summed E-state index contributed by atoms with van der Waals surface area (Å²) < 4.78 is 10.6. The van der Waals surface area contributed by atoms with E-state index in [0.29, 0.717) is 48.2 Å². The smallest absolute Gasteiger partial charge is 0.309 e. The van der Waals surface area contributed by atoms with Gasteiger partial charge in [-0.3, -0.25) is 9.59 Å². The molecule has 4 rings (SSSR count). The normalized spacial score (nSPS) is 14.5. The number of piperidine rings is 1. The Balaban J connectivity index is 1.26. The molecular formula is C23H22ClN3O4. The van der Waals surface area contributed by atoms with E-state index in [9.17, 15) is 9.59 Å². The zero-order chi connectivity index (χ0) is 21.8. The highest BCUT2D eigenvalue weighted by molar-refractivity contribution is 6.30. The van der Waals surface area contributed by atoms with Crippen molar-refractivity contribution in [2.75, 3.05) is 13.1 Å². The quantitative estimate of drug-likeness (QED) is 0.551. The maximum absolute atomic E-state index is 12.6. The van der Waals surface area contributed by atoms with Gasteiger partial charge in [0.2, 0.25) is 5.82 Å². The van der Waals surface area contributed by atoms with E-state index in [-0.39, 0.29) is 24.4 Å². The lowest BCUT2D eigenvalue weighted by molar-refractivity contribution is -0.151. The summed E-state index contributed by atoms with van der Waals surface area (Å²) in [7, 11) is 0. The third-order valence-electron chi connectivity index (χ3n) is 5.32. The van der Waals surface area contributed by atoms with Crippen molar-refractivity contribution in [3.8, 4) is 11.5 Å². The van der Waals surface area contributed by atoms with Crippen LogP contribution in [0.2, 0.25) is 5.02 Å². The number of rotatable bonds is 5. The zero-order valence-electron chi connectivity index (χ0n) is 17.1. The maximum atomic E-state index is 12.6. The molecule has 2 aromatic carbocycles. The number of ether oxygens (including phenoxy) is 1. The average molecular weight is 440 g/mol. The second kappa shape index (κ2) is 9.31. The van der Waals surface area contributed by atoms with Crippen LogP contribution in [0.4, 0.5) is 0 Å². The minimum Gasteiger partial charge on any atom is -0.457 e. The number of likely N-dealkylation sites (tertiary alicyclic amines) is 1. The van der Waals surface area contributed by atoms with Gasteiger partial charge in [0.15, 0.2) is 6.61 Å². The summed E-state index contributed by atoms with van der Waals surface area (Å²) in [5, 5.41) is 4.47. The highest BCUT2D eigenvalue weighted by atomic mass is 35.5. The van der Waals surface area contributed by atoms with E-state index in [4.69, 9.17) is 20.9 Å². The Morgan fingerprint density at radius 3 is 2.45 bits per heavy atom. The molecule has 0 saturated carbocycles. The summed E-state index contributed by atoms with van der Waals surface area (Å²) in [5.74, 6) is 0.0938. The molecule has 0 atom stereocenters. The van der Waals surface area contributed by atoms with E-state index in [1.807, 2.05) is 31.2 Å². The number of halogens is 1. The first kappa shape index (κ1) is 21.1. The lowest BCUT2D eigenvalue weighted by Crippen LogP contribution is -2.40. The van der Waals surface area contributed by atoms with Crippen LogP contribution in [-0.4, -0.2) is 40.0 Å². The molecule has 0 bridgehead atoms. The summed E-state index contributed by atoms with van der Waals surface area (Å²) in [4.78, 5) is 31.1. The minimum atomic E-state index is -0.305. The number of aryl methyl sites for hydroxylation is 1. The third-order valence-corrected chi connectivity index (χ3v) is 5.57. The zero-order valence-corrected chi connectivity index (χ0v) is 17.8. The molecule has 160 valence electrons. The Hall–Kier alpha value is -3.19. The van der Waals surface area contributed by atoms with E-state index >= 15 is 0 Å². The molecule has 1 aliphatic heterocycles. The van der Waals surface area contributed by atoms with Gasteiger partial charge in [0.25, 0.3) is 11.8 Å². The monoisotopic (exact) mass is 439 g/mol. The first-order chi connectivity index (χ1) is 15.0. The van der Waals surface area contributed by atoms with E-state index in [2.05, 4.69) is 10.1 Å². The fourth-order valence-electron chi connectivity index (χ4n) is 3.47. The van der Waals surface area contributed by atoms with Crippen molar-refractivity contribution in [2.45, 2.75) is 26.4 Å². The van der Waals surface area contributed by atoms with Crippen LogP contribution >= 0.6 is 11.6 Å². The highest BCUT2D eigenvalue weighted by Gasteiger charge is 2.29. The van der Waals surface area contributed by atoms with Crippen LogP contribution in [0, 0.1) is 12.8 Å². The van der Waals surface area contributed by atoms with Crippen molar-refractivity contribution in [1.82, 2.24) is 15.0 Å². The molecule has 1 amide bonds. The Labute approximate surface area is 185 Å². The molecule has 7 nitrogen and oxygen atoms in total. The van der Waals surface area contributed by atoms with Crippen LogP contribution < -0.4 is 0 Å². The minimum absolute atomic E-state index is 0.0435. The maximum Gasteiger partial charge on any atom is 0.309 e. The Morgan fingerprint density at radius 2 is 1.77 bits per heavy atom. The summed E-state index contributed by atoms with van der Waals surface area (Å²) in [6.45, 7) is 2.96. The van der Waals surface area contributed by atoms with Crippen LogP contribution in [0.3, 0.4) is 0 Å². The molecule has 0 spiro atoms. The number of benzene rings is 2. The second-order valence-corrected chi connectivity index (χ2v) is 8.00. The van der Waals surface area contributed by atoms with Crippen molar-refractivity contribution in [2.24, 2.45) is 5.92 Å². The average Bonchev–Trinajstić information content (AvgIpc) is 3.27. The molecule has 8 heteroatoms. The fourth-order valence-corrected chi connectivity index (χ4v) is 3.60. The molecule has 0 radical (unpaired) electrons.